The first kappa shape index (κ1) is 11.9. The van der Waals surface area contributed by atoms with Gasteiger partial charge in [-0.1, -0.05) is 0 Å². The van der Waals surface area contributed by atoms with Crippen LogP contribution in [0.25, 0.3) is 0 Å². The second-order valence-electron chi connectivity index (χ2n) is 3.94. The molecular weight excluding hydrogens is 225 g/mol. The van der Waals surface area contributed by atoms with Gasteiger partial charge in [0.2, 0.25) is 0 Å². The molecule has 1 heterocycles. The van der Waals surface area contributed by atoms with Crippen LogP contribution in [0.4, 0.5) is 10.1 Å². The molecule has 0 bridgehead atoms. The first-order valence-corrected chi connectivity index (χ1v) is 5.50. The molecule has 1 aromatic rings. The van der Waals surface area contributed by atoms with Gasteiger partial charge in [-0.15, -0.1) is 0 Å². The van der Waals surface area contributed by atoms with Crippen LogP contribution in [0.1, 0.15) is 5.56 Å². The highest BCUT2D eigenvalue weighted by Crippen LogP contribution is 2.23. The molecule has 1 N–H and O–H groups in total. The Bertz CT molecular complexity index is 416. The number of rotatable bonds is 3. The van der Waals surface area contributed by atoms with Crippen LogP contribution < -0.4 is 4.90 Å². The van der Waals surface area contributed by atoms with Crippen LogP contribution in [-0.2, 0) is 16.0 Å². The number of hydrogen-bond acceptors (Lipinski definition) is 3. The fourth-order valence-corrected chi connectivity index (χ4v) is 1.97. The number of halogens is 1. The van der Waals surface area contributed by atoms with Gasteiger partial charge in [-0.2, -0.15) is 0 Å². The largest absolute Gasteiger partial charge is 0.481 e. The molecule has 1 aliphatic heterocycles. The molecule has 0 amide bonds. The highest BCUT2D eigenvalue weighted by Gasteiger charge is 2.16. The van der Waals surface area contributed by atoms with Gasteiger partial charge in [0, 0.05) is 18.8 Å². The summed E-state index contributed by atoms with van der Waals surface area (Å²) in [7, 11) is 0. The van der Waals surface area contributed by atoms with Crippen molar-refractivity contribution in [1.29, 1.82) is 0 Å². The summed E-state index contributed by atoms with van der Waals surface area (Å²) in [6.07, 6.45) is -0.162. The third-order valence-corrected chi connectivity index (χ3v) is 2.73. The van der Waals surface area contributed by atoms with Crippen molar-refractivity contribution < 1.29 is 19.0 Å². The summed E-state index contributed by atoms with van der Waals surface area (Å²) in [5.74, 6) is -1.36. The van der Waals surface area contributed by atoms with Crippen LogP contribution in [0.2, 0.25) is 0 Å². The standard InChI is InChI=1S/C12H14FNO3/c13-10-1-2-11(9(7-10)8-12(15)16)14-3-5-17-6-4-14/h1-2,7H,3-6,8H2,(H,15,16). The molecule has 1 saturated heterocycles. The summed E-state index contributed by atoms with van der Waals surface area (Å²) in [6.45, 7) is 2.64. The molecule has 4 nitrogen and oxygen atoms in total. The van der Waals surface area contributed by atoms with E-state index in [-0.39, 0.29) is 6.42 Å². The van der Waals surface area contributed by atoms with Crippen LogP contribution in [-0.4, -0.2) is 37.4 Å². The average Bonchev–Trinajstić information content (AvgIpc) is 2.29. The first-order chi connectivity index (χ1) is 8.16. The lowest BCUT2D eigenvalue weighted by atomic mass is 10.1. The summed E-state index contributed by atoms with van der Waals surface area (Å²) in [4.78, 5) is 12.8. The van der Waals surface area contributed by atoms with E-state index in [4.69, 9.17) is 9.84 Å². The normalized spacial score (nSPS) is 15.9. The second-order valence-corrected chi connectivity index (χ2v) is 3.94. The molecule has 17 heavy (non-hydrogen) atoms. The quantitative estimate of drug-likeness (QED) is 0.863. The van der Waals surface area contributed by atoms with Gasteiger partial charge in [0.05, 0.1) is 19.6 Å². The maximum absolute atomic E-state index is 13.1. The minimum absolute atomic E-state index is 0.162. The van der Waals surface area contributed by atoms with Gasteiger partial charge >= 0.3 is 5.97 Å². The molecule has 0 aliphatic carbocycles. The number of anilines is 1. The Hall–Kier alpha value is -1.62. The van der Waals surface area contributed by atoms with E-state index in [1.165, 1.54) is 12.1 Å². The van der Waals surface area contributed by atoms with Gasteiger partial charge < -0.3 is 14.7 Å². The number of ether oxygens (including phenoxy) is 1. The molecule has 0 radical (unpaired) electrons. The maximum Gasteiger partial charge on any atom is 0.307 e. The molecule has 0 atom stereocenters. The predicted octanol–water partition coefficient (Wildman–Crippen LogP) is 1.29. The number of aliphatic carboxylic acids is 1. The lowest BCUT2D eigenvalue weighted by Gasteiger charge is -2.30. The van der Waals surface area contributed by atoms with E-state index in [1.54, 1.807) is 6.07 Å². The van der Waals surface area contributed by atoms with Crippen molar-refractivity contribution in [2.45, 2.75) is 6.42 Å². The van der Waals surface area contributed by atoms with Crippen LogP contribution in [0.5, 0.6) is 0 Å². The molecule has 92 valence electrons. The Kier molecular flexibility index (Phi) is 3.58. The number of carboxylic acid groups (broad SMARTS) is 1. The van der Waals surface area contributed by atoms with Crippen molar-refractivity contribution in [2.75, 3.05) is 31.2 Å². The van der Waals surface area contributed by atoms with E-state index in [0.29, 0.717) is 31.9 Å². The van der Waals surface area contributed by atoms with Gasteiger partial charge in [0.15, 0.2) is 0 Å². The van der Waals surface area contributed by atoms with Gasteiger partial charge in [-0.05, 0) is 23.8 Å². The monoisotopic (exact) mass is 239 g/mol. The lowest BCUT2D eigenvalue weighted by Crippen LogP contribution is -2.37. The summed E-state index contributed by atoms with van der Waals surface area (Å²) in [5, 5.41) is 8.81. The zero-order valence-corrected chi connectivity index (χ0v) is 9.36. The Morgan fingerprint density at radius 3 is 2.76 bits per heavy atom. The van der Waals surface area contributed by atoms with Gasteiger partial charge in [0.1, 0.15) is 5.82 Å². The van der Waals surface area contributed by atoms with Crippen molar-refractivity contribution >= 4 is 11.7 Å². The summed E-state index contributed by atoms with van der Waals surface area (Å²) in [5.41, 5.74) is 1.30. The van der Waals surface area contributed by atoms with Crippen molar-refractivity contribution in [2.24, 2.45) is 0 Å². The SMILES string of the molecule is O=C(O)Cc1cc(F)ccc1N1CCOCC1. The fourth-order valence-electron chi connectivity index (χ4n) is 1.97. The Balaban J connectivity index is 2.27. The number of carboxylic acids is 1. The highest BCUT2D eigenvalue weighted by molar-refractivity contribution is 5.73. The van der Waals surface area contributed by atoms with Crippen molar-refractivity contribution in [3.05, 3.63) is 29.6 Å². The zero-order chi connectivity index (χ0) is 12.3. The molecule has 5 heteroatoms. The number of carbonyl (C=O) groups is 1. The molecule has 1 aromatic carbocycles. The topological polar surface area (TPSA) is 49.8 Å². The van der Waals surface area contributed by atoms with Crippen LogP contribution >= 0.6 is 0 Å². The molecule has 1 fully saturated rings. The number of benzene rings is 1. The third kappa shape index (κ3) is 2.94. The Labute approximate surface area is 98.6 Å². The van der Waals surface area contributed by atoms with Gasteiger partial charge in [-0.3, -0.25) is 4.79 Å². The molecule has 2 rings (SSSR count). The van der Waals surface area contributed by atoms with Gasteiger partial charge in [0.25, 0.3) is 0 Å². The fraction of sp³-hybridized carbons (Fsp3) is 0.417. The molecule has 0 saturated carbocycles. The maximum atomic E-state index is 13.1. The highest BCUT2D eigenvalue weighted by atomic mass is 19.1. The summed E-state index contributed by atoms with van der Waals surface area (Å²) >= 11 is 0. The third-order valence-electron chi connectivity index (χ3n) is 2.73. The predicted molar refractivity (Wildman–Crippen MR) is 60.8 cm³/mol. The van der Waals surface area contributed by atoms with E-state index in [9.17, 15) is 9.18 Å². The van der Waals surface area contributed by atoms with Crippen molar-refractivity contribution in [3.63, 3.8) is 0 Å². The molecule has 1 aliphatic rings. The van der Waals surface area contributed by atoms with E-state index in [0.717, 1.165) is 5.69 Å². The summed E-state index contributed by atoms with van der Waals surface area (Å²) < 4.78 is 18.4. The lowest BCUT2D eigenvalue weighted by molar-refractivity contribution is -0.136. The minimum atomic E-state index is -0.954. The molecule has 0 unspecified atom stereocenters. The van der Waals surface area contributed by atoms with Gasteiger partial charge in [-0.25, -0.2) is 4.39 Å². The number of morpholine rings is 1. The number of nitrogens with zero attached hydrogens (tertiary/aromatic N) is 1. The van der Waals surface area contributed by atoms with Crippen LogP contribution in [0.3, 0.4) is 0 Å². The molecule has 0 spiro atoms. The van der Waals surface area contributed by atoms with Crippen LogP contribution in [0.15, 0.2) is 18.2 Å². The smallest absolute Gasteiger partial charge is 0.307 e. The van der Waals surface area contributed by atoms with E-state index in [2.05, 4.69) is 0 Å². The first-order valence-electron chi connectivity index (χ1n) is 5.50. The molecule has 0 aromatic heterocycles. The van der Waals surface area contributed by atoms with E-state index >= 15 is 0 Å². The average molecular weight is 239 g/mol. The minimum Gasteiger partial charge on any atom is -0.481 e. The summed E-state index contributed by atoms with van der Waals surface area (Å²) in [6, 6.07) is 4.29. The second kappa shape index (κ2) is 5.14. The van der Waals surface area contributed by atoms with Crippen molar-refractivity contribution in [3.8, 4) is 0 Å². The number of hydrogen-bond donors (Lipinski definition) is 1. The zero-order valence-electron chi connectivity index (χ0n) is 9.36. The van der Waals surface area contributed by atoms with Crippen molar-refractivity contribution in [1.82, 2.24) is 0 Å². The van der Waals surface area contributed by atoms with E-state index < -0.39 is 11.8 Å². The van der Waals surface area contributed by atoms with Crippen LogP contribution in [0, 0.1) is 5.82 Å². The Morgan fingerprint density at radius 1 is 1.41 bits per heavy atom. The molecular formula is C12H14FNO3. The van der Waals surface area contributed by atoms with E-state index in [1.807, 2.05) is 4.90 Å². The Morgan fingerprint density at radius 2 is 2.12 bits per heavy atom.